The lowest BCUT2D eigenvalue weighted by Gasteiger charge is -2.11. The number of ether oxygens (including phenoxy) is 2. The highest BCUT2D eigenvalue weighted by molar-refractivity contribution is 7.94. The maximum absolute atomic E-state index is 12.2. The van der Waals surface area contributed by atoms with Crippen LogP contribution in [0.15, 0.2) is 75.6 Å². The predicted octanol–water partition coefficient (Wildman–Crippen LogP) is 4.90. The molecular weight excluding hydrogens is 380 g/mol. The standard InChI is InChI=1S/C20H18N2O5S/c1-4-28(24,25)19-12-17(26-2)15(11-18(19)27-3)21-22-20-14-8-6-5-7-13(14)9-10-16(20)23/h4-12,23H,1H2,2-3H3. The van der Waals surface area contributed by atoms with Crippen molar-refractivity contribution in [1.29, 1.82) is 0 Å². The molecule has 0 radical (unpaired) electrons. The Balaban J connectivity index is 2.15. The van der Waals surface area contributed by atoms with Crippen molar-refractivity contribution in [3.05, 3.63) is 60.5 Å². The number of aromatic hydroxyl groups is 1. The van der Waals surface area contributed by atoms with Crippen LogP contribution in [0, 0.1) is 0 Å². The van der Waals surface area contributed by atoms with Gasteiger partial charge in [0.15, 0.2) is 0 Å². The maximum atomic E-state index is 12.2. The zero-order chi connectivity index (χ0) is 20.3. The summed E-state index contributed by atoms with van der Waals surface area (Å²) in [4.78, 5) is -0.0891. The van der Waals surface area contributed by atoms with Crippen molar-refractivity contribution in [3.63, 3.8) is 0 Å². The summed E-state index contributed by atoms with van der Waals surface area (Å²) in [7, 11) is -1.01. The van der Waals surface area contributed by atoms with Crippen LogP contribution in [0.1, 0.15) is 0 Å². The van der Waals surface area contributed by atoms with E-state index in [4.69, 9.17) is 9.47 Å². The Bertz CT molecular complexity index is 1190. The number of nitrogens with zero attached hydrogens (tertiary/aromatic N) is 2. The van der Waals surface area contributed by atoms with Gasteiger partial charge < -0.3 is 14.6 Å². The van der Waals surface area contributed by atoms with Crippen LogP contribution in [0.4, 0.5) is 11.4 Å². The van der Waals surface area contributed by atoms with Crippen molar-refractivity contribution in [2.24, 2.45) is 10.2 Å². The first kappa shape index (κ1) is 19.4. The molecule has 0 fully saturated rings. The molecule has 1 N–H and O–H groups in total. The fourth-order valence-corrected chi connectivity index (χ4v) is 3.57. The SMILES string of the molecule is C=CS(=O)(=O)c1cc(OC)c(N=Nc2c(O)ccc3ccccc23)cc1OC. The first-order chi connectivity index (χ1) is 13.4. The molecule has 0 amide bonds. The highest BCUT2D eigenvalue weighted by Crippen LogP contribution is 2.40. The molecule has 0 aliphatic carbocycles. The number of hydrogen-bond donors (Lipinski definition) is 1. The molecule has 0 aliphatic rings. The number of rotatable bonds is 6. The van der Waals surface area contributed by atoms with Crippen LogP contribution in [0.3, 0.4) is 0 Å². The van der Waals surface area contributed by atoms with Gasteiger partial charge in [-0.05, 0) is 11.5 Å². The maximum Gasteiger partial charge on any atom is 0.203 e. The summed E-state index contributed by atoms with van der Waals surface area (Å²) in [6.45, 7) is 3.32. The zero-order valence-corrected chi connectivity index (χ0v) is 16.1. The Morgan fingerprint density at radius 1 is 1.00 bits per heavy atom. The second-order valence-corrected chi connectivity index (χ2v) is 7.60. The number of phenolic OH excluding ortho intramolecular Hbond substituents is 1. The number of phenols is 1. The molecule has 3 rings (SSSR count). The lowest BCUT2D eigenvalue weighted by Crippen LogP contribution is -2.00. The molecule has 0 saturated heterocycles. The Morgan fingerprint density at radius 2 is 1.71 bits per heavy atom. The van der Waals surface area contributed by atoms with Crippen molar-refractivity contribution in [3.8, 4) is 17.2 Å². The summed E-state index contributed by atoms with van der Waals surface area (Å²) < 4.78 is 34.8. The van der Waals surface area contributed by atoms with E-state index in [1.807, 2.05) is 24.3 Å². The van der Waals surface area contributed by atoms with E-state index in [2.05, 4.69) is 16.8 Å². The molecule has 0 aromatic heterocycles. The van der Waals surface area contributed by atoms with Crippen molar-refractivity contribution in [1.82, 2.24) is 0 Å². The number of hydrogen-bond acceptors (Lipinski definition) is 7. The monoisotopic (exact) mass is 398 g/mol. The van der Waals surface area contributed by atoms with Crippen LogP contribution < -0.4 is 9.47 Å². The molecule has 0 unspecified atom stereocenters. The van der Waals surface area contributed by atoms with Gasteiger partial charge >= 0.3 is 0 Å². The molecule has 144 valence electrons. The number of fused-ring (bicyclic) bond motifs is 1. The van der Waals surface area contributed by atoms with Gasteiger partial charge in [0.1, 0.15) is 33.5 Å². The lowest BCUT2D eigenvalue weighted by atomic mass is 10.1. The van der Waals surface area contributed by atoms with E-state index in [1.165, 1.54) is 32.4 Å². The smallest absolute Gasteiger partial charge is 0.203 e. The third kappa shape index (κ3) is 3.54. The van der Waals surface area contributed by atoms with Gasteiger partial charge in [0, 0.05) is 22.9 Å². The third-order valence-corrected chi connectivity index (χ3v) is 5.50. The first-order valence-corrected chi connectivity index (χ1v) is 9.72. The van der Waals surface area contributed by atoms with Crippen LogP contribution in [0.25, 0.3) is 10.8 Å². The minimum absolute atomic E-state index is 0.0285. The molecule has 8 heteroatoms. The van der Waals surface area contributed by atoms with Gasteiger partial charge in [0.2, 0.25) is 9.84 Å². The number of azo groups is 1. The van der Waals surface area contributed by atoms with Crippen molar-refractivity contribution >= 4 is 32.0 Å². The topological polar surface area (TPSA) is 97.6 Å². The Morgan fingerprint density at radius 3 is 2.39 bits per heavy atom. The van der Waals surface area contributed by atoms with Crippen LogP contribution >= 0.6 is 0 Å². The minimum atomic E-state index is -3.75. The first-order valence-electron chi connectivity index (χ1n) is 8.17. The average Bonchev–Trinajstić information content (AvgIpc) is 2.72. The molecule has 0 aliphatic heterocycles. The molecular formula is C20H18N2O5S. The van der Waals surface area contributed by atoms with E-state index < -0.39 is 9.84 Å². The Kier molecular flexibility index (Phi) is 5.32. The number of methoxy groups -OCH3 is 2. The lowest BCUT2D eigenvalue weighted by molar-refractivity contribution is 0.393. The average molecular weight is 398 g/mol. The summed E-state index contributed by atoms with van der Waals surface area (Å²) in [5.41, 5.74) is 0.539. The summed E-state index contributed by atoms with van der Waals surface area (Å²) in [6, 6.07) is 13.4. The quantitative estimate of drug-likeness (QED) is 0.596. The molecule has 0 saturated carbocycles. The predicted molar refractivity (Wildman–Crippen MR) is 107 cm³/mol. The van der Waals surface area contributed by atoms with Gasteiger partial charge in [-0.15, -0.1) is 10.2 Å². The van der Waals surface area contributed by atoms with Crippen LogP contribution in [-0.4, -0.2) is 27.7 Å². The summed E-state index contributed by atoms with van der Waals surface area (Å²) >= 11 is 0. The molecule has 28 heavy (non-hydrogen) atoms. The Hall–Kier alpha value is -3.39. The normalized spacial score (nSPS) is 11.6. The van der Waals surface area contributed by atoms with Gasteiger partial charge in [-0.1, -0.05) is 36.9 Å². The third-order valence-electron chi connectivity index (χ3n) is 4.13. The van der Waals surface area contributed by atoms with Crippen LogP contribution in [0.2, 0.25) is 0 Å². The minimum Gasteiger partial charge on any atom is -0.506 e. The molecule has 0 atom stereocenters. The largest absolute Gasteiger partial charge is 0.506 e. The van der Waals surface area contributed by atoms with Gasteiger partial charge in [0.05, 0.1) is 14.2 Å². The van der Waals surface area contributed by atoms with E-state index in [9.17, 15) is 13.5 Å². The van der Waals surface area contributed by atoms with Crippen LogP contribution in [-0.2, 0) is 9.84 Å². The fraction of sp³-hybridized carbons (Fsp3) is 0.100. The second kappa shape index (κ2) is 7.69. The summed E-state index contributed by atoms with van der Waals surface area (Å²) in [5.74, 6) is 0.237. The second-order valence-electron chi connectivity index (χ2n) is 5.74. The van der Waals surface area contributed by atoms with E-state index >= 15 is 0 Å². The van der Waals surface area contributed by atoms with E-state index in [0.717, 1.165) is 16.2 Å². The van der Waals surface area contributed by atoms with Crippen molar-refractivity contribution < 1.29 is 23.0 Å². The van der Waals surface area contributed by atoms with Crippen molar-refractivity contribution in [2.45, 2.75) is 4.90 Å². The van der Waals surface area contributed by atoms with Gasteiger partial charge in [-0.25, -0.2) is 8.42 Å². The molecule has 0 heterocycles. The molecule has 3 aromatic carbocycles. The summed E-state index contributed by atoms with van der Waals surface area (Å²) in [6.07, 6.45) is 0. The van der Waals surface area contributed by atoms with Gasteiger partial charge in [-0.2, -0.15) is 0 Å². The van der Waals surface area contributed by atoms with Gasteiger partial charge in [0.25, 0.3) is 0 Å². The van der Waals surface area contributed by atoms with Gasteiger partial charge in [-0.3, -0.25) is 0 Å². The van der Waals surface area contributed by atoms with E-state index in [0.29, 0.717) is 5.69 Å². The van der Waals surface area contributed by atoms with E-state index in [-0.39, 0.29) is 27.8 Å². The molecule has 0 bridgehead atoms. The molecule has 0 spiro atoms. The summed E-state index contributed by atoms with van der Waals surface area (Å²) in [5, 5.41) is 21.0. The molecule has 7 nitrogen and oxygen atoms in total. The fourth-order valence-electron chi connectivity index (χ4n) is 2.70. The van der Waals surface area contributed by atoms with Crippen molar-refractivity contribution in [2.75, 3.05) is 14.2 Å². The number of sulfone groups is 1. The van der Waals surface area contributed by atoms with E-state index in [1.54, 1.807) is 6.07 Å². The van der Waals surface area contributed by atoms with Crippen LogP contribution in [0.5, 0.6) is 17.2 Å². The Labute approximate surface area is 162 Å². The highest BCUT2D eigenvalue weighted by Gasteiger charge is 2.20. The number of benzene rings is 3. The molecule has 3 aromatic rings. The zero-order valence-electron chi connectivity index (χ0n) is 15.3. The highest BCUT2D eigenvalue weighted by atomic mass is 32.2.